The van der Waals surface area contributed by atoms with Crippen LogP contribution in [0.3, 0.4) is 0 Å². The highest BCUT2D eigenvalue weighted by Gasteiger charge is 2.72. The van der Waals surface area contributed by atoms with Crippen LogP contribution in [0.15, 0.2) is 30.3 Å². The number of benzene rings is 1. The third kappa shape index (κ3) is 2.83. The molecule has 24 heavy (non-hydrogen) atoms. The Bertz CT molecular complexity index is 556. The minimum absolute atomic E-state index is 0.318. The maximum absolute atomic E-state index is 11.2. The second kappa shape index (κ2) is 6.15. The first kappa shape index (κ1) is 18.0. The van der Waals surface area contributed by atoms with Crippen molar-refractivity contribution in [1.29, 1.82) is 0 Å². The van der Waals surface area contributed by atoms with Crippen molar-refractivity contribution in [3.8, 4) is 0 Å². The fourth-order valence-corrected chi connectivity index (χ4v) is 3.95. The van der Waals surface area contributed by atoms with Crippen LogP contribution < -0.4 is 0 Å². The SMILES string of the molecule is CCCC[C@H]1C[C@@]1(B1OC(C)(C)C(C)(C)O1)[C@H](O)c1ccccc1. The molecule has 1 aromatic carbocycles. The van der Waals surface area contributed by atoms with Gasteiger partial charge in [-0.25, -0.2) is 0 Å². The van der Waals surface area contributed by atoms with E-state index in [1.807, 2.05) is 30.3 Å². The molecule has 0 aromatic heterocycles. The average Bonchev–Trinajstić information content (AvgIpc) is 3.22. The standard InChI is InChI=1S/C20H31BO3/c1-6-7-13-16-14-20(16,17(22)15-11-9-8-10-12-15)21-23-18(2,3)19(4,5)24-21/h8-12,16-17,22H,6-7,13-14H2,1-5H3/t16-,17+,20-/m0/s1. The van der Waals surface area contributed by atoms with Crippen LogP contribution in [0, 0.1) is 5.92 Å². The van der Waals surface area contributed by atoms with E-state index in [-0.39, 0.29) is 23.6 Å². The Labute approximate surface area is 146 Å². The molecule has 1 heterocycles. The second-order valence-electron chi connectivity index (χ2n) is 8.56. The summed E-state index contributed by atoms with van der Waals surface area (Å²) in [6.07, 6.45) is 3.92. The van der Waals surface area contributed by atoms with Crippen LogP contribution in [0.5, 0.6) is 0 Å². The van der Waals surface area contributed by atoms with Crippen molar-refractivity contribution in [1.82, 2.24) is 0 Å². The molecular weight excluding hydrogens is 299 g/mol. The first-order chi connectivity index (χ1) is 11.2. The lowest BCUT2D eigenvalue weighted by Crippen LogP contribution is -2.41. The molecule has 0 spiro atoms. The predicted molar refractivity (Wildman–Crippen MR) is 97.8 cm³/mol. The van der Waals surface area contributed by atoms with E-state index in [4.69, 9.17) is 9.31 Å². The van der Waals surface area contributed by atoms with Crippen molar-refractivity contribution in [2.45, 2.75) is 82.9 Å². The van der Waals surface area contributed by atoms with E-state index in [1.165, 1.54) is 12.8 Å². The maximum Gasteiger partial charge on any atom is 0.467 e. The average molecular weight is 330 g/mol. The van der Waals surface area contributed by atoms with Gasteiger partial charge in [-0.2, -0.15) is 0 Å². The van der Waals surface area contributed by atoms with E-state index in [1.54, 1.807) is 0 Å². The van der Waals surface area contributed by atoms with Gasteiger partial charge in [0.1, 0.15) is 0 Å². The van der Waals surface area contributed by atoms with Crippen molar-refractivity contribution in [2.24, 2.45) is 5.92 Å². The van der Waals surface area contributed by atoms with Gasteiger partial charge in [0.15, 0.2) is 0 Å². The molecule has 1 saturated carbocycles. The molecule has 3 nitrogen and oxygen atoms in total. The van der Waals surface area contributed by atoms with Crippen LogP contribution in [0.25, 0.3) is 0 Å². The fourth-order valence-electron chi connectivity index (χ4n) is 3.95. The van der Waals surface area contributed by atoms with Crippen LogP contribution in [0.2, 0.25) is 5.31 Å². The highest BCUT2D eigenvalue weighted by Crippen LogP contribution is 2.72. The van der Waals surface area contributed by atoms with Gasteiger partial charge in [-0.05, 0) is 45.6 Å². The summed E-state index contributed by atoms with van der Waals surface area (Å²) in [5, 5.41) is 10.9. The second-order valence-corrected chi connectivity index (χ2v) is 8.56. The quantitative estimate of drug-likeness (QED) is 0.764. The first-order valence-corrected chi connectivity index (χ1v) is 9.33. The Hall–Kier alpha value is -0.835. The van der Waals surface area contributed by atoms with Gasteiger partial charge in [0, 0.05) is 5.31 Å². The molecule has 4 heteroatoms. The number of aliphatic hydroxyl groups excluding tert-OH is 1. The Morgan fingerprint density at radius 2 is 1.71 bits per heavy atom. The molecule has 3 rings (SSSR count). The Kier molecular flexibility index (Phi) is 4.61. The largest absolute Gasteiger partial charge is 0.467 e. The van der Waals surface area contributed by atoms with Gasteiger partial charge in [-0.3, -0.25) is 0 Å². The summed E-state index contributed by atoms with van der Waals surface area (Å²) in [6.45, 7) is 10.5. The molecule has 1 N–H and O–H groups in total. The highest BCUT2D eigenvalue weighted by molar-refractivity contribution is 6.51. The Morgan fingerprint density at radius 3 is 2.25 bits per heavy atom. The minimum Gasteiger partial charge on any atom is -0.403 e. The summed E-state index contributed by atoms with van der Waals surface area (Å²) in [6, 6.07) is 9.97. The molecule has 1 aromatic rings. The predicted octanol–water partition coefficient (Wildman–Crippen LogP) is 4.76. The lowest BCUT2D eigenvalue weighted by atomic mass is 9.61. The fraction of sp³-hybridized carbons (Fsp3) is 0.700. The van der Waals surface area contributed by atoms with Crippen LogP contribution in [0.4, 0.5) is 0 Å². The molecule has 0 unspecified atom stereocenters. The lowest BCUT2D eigenvalue weighted by Gasteiger charge is -2.32. The zero-order valence-electron chi connectivity index (χ0n) is 15.7. The smallest absolute Gasteiger partial charge is 0.403 e. The monoisotopic (exact) mass is 330 g/mol. The Morgan fingerprint density at radius 1 is 1.12 bits per heavy atom. The summed E-state index contributed by atoms with van der Waals surface area (Å²) in [7, 11) is -0.348. The van der Waals surface area contributed by atoms with Gasteiger partial charge in [0.2, 0.25) is 0 Å². The number of hydrogen-bond acceptors (Lipinski definition) is 3. The third-order valence-electron chi connectivity index (χ3n) is 6.42. The summed E-state index contributed by atoms with van der Waals surface area (Å²) >= 11 is 0. The highest BCUT2D eigenvalue weighted by atomic mass is 16.7. The number of hydrogen-bond donors (Lipinski definition) is 1. The zero-order valence-corrected chi connectivity index (χ0v) is 15.7. The van der Waals surface area contributed by atoms with Gasteiger partial charge in [0.05, 0.1) is 17.3 Å². The van der Waals surface area contributed by atoms with E-state index in [2.05, 4.69) is 34.6 Å². The van der Waals surface area contributed by atoms with Crippen LogP contribution in [0.1, 0.15) is 72.0 Å². The van der Waals surface area contributed by atoms with Crippen molar-refractivity contribution in [3.63, 3.8) is 0 Å². The topological polar surface area (TPSA) is 38.7 Å². The first-order valence-electron chi connectivity index (χ1n) is 9.33. The molecule has 1 aliphatic heterocycles. The Balaban J connectivity index is 1.88. The van der Waals surface area contributed by atoms with Gasteiger partial charge >= 0.3 is 7.12 Å². The molecule has 0 amide bonds. The van der Waals surface area contributed by atoms with Crippen LogP contribution >= 0.6 is 0 Å². The molecule has 3 atom stereocenters. The summed E-state index contributed by atoms with van der Waals surface area (Å²) in [5.41, 5.74) is 0.240. The van der Waals surface area contributed by atoms with E-state index in [9.17, 15) is 5.11 Å². The number of unbranched alkanes of at least 4 members (excludes halogenated alkanes) is 1. The van der Waals surface area contributed by atoms with Gasteiger partial charge in [0.25, 0.3) is 0 Å². The summed E-state index contributed by atoms with van der Waals surface area (Å²) < 4.78 is 12.7. The normalized spacial score (nSPS) is 31.9. The van der Waals surface area contributed by atoms with Crippen molar-refractivity contribution in [3.05, 3.63) is 35.9 Å². The van der Waals surface area contributed by atoms with E-state index in [0.29, 0.717) is 5.92 Å². The minimum atomic E-state index is -0.546. The number of rotatable bonds is 6. The number of aliphatic hydroxyl groups is 1. The molecule has 132 valence electrons. The van der Waals surface area contributed by atoms with Gasteiger partial charge < -0.3 is 14.4 Å². The molecule has 0 radical (unpaired) electrons. The van der Waals surface area contributed by atoms with E-state index in [0.717, 1.165) is 18.4 Å². The lowest BCUT2D eigenvalue weighted by molar-refractivity contribution is 0.00578. The van der Waals surface area contributed by atoms with Crippen molar-refractivity contribution in [2.75, 3.05) is 0 Å². The molecule has 1 aliphatic carbocycles. The maximum atomic E-state index is 11.2. The third-order valence-corrected chi connectivity index (χ3v) is 6.42. The van der Waals surface area contributed by atoms with E-state index < -0.39 is 6.10 Å². The molecule has 2 aliphatic rings. The van der Waals surface area contributed by atoms with Crippen LogP contribution in [-0.4, -0.2) is 23.4 Å². The van der Waals surface area contributed by atoms with Crippen molar-refractivity contribution >= 4 is 7.12 Å². The molecular formula is C20H31BO3. The van der Waals surface area contributed by atoms with Gasteiger partial charge in [-0.1, -0.05) is 56.5 Å². The molecule has 1 saturated heterocycles. The molecule has 0 bridgehead atoms. The zero-order chi connectivity index (χ0) is 17.6. The summed E-state index contributed by atoms with van der Waals surface area (Å²) in [5.74, 6) is 0.461. The summed E-state index contributed by atoms with van der Waals surface area (Å²) in [4.78, 5) is 0. The van der Waals surface area contributed by atoms with E-state index >= 15 is 0 Å². The van der Waals surface area contributed by atoms with Crippen LogP contribution in [-0.2, 0) is 9.31 Å². The molecule has 2 fully saturated rings. The van der Waals surface area contributed by atoms with Crippen molar-refractivity contribution < 1.29 is 14.4 Å². The van der Waals surface area contributed by atoms with Gasteiger partial charge in [-0.15, -0.1) is 0 Å².